The molecule has 0 aliphatic rings. The minimum Gasteiger partial charge on any atom is -0.378 e. The number of anilines is 1. The molecule has 1 aromatic carbocycles. The van der Waals surface area contributed by atoms with Gasteiger partial charge in [-0.05, 0) is 44.4 Å². The first-order valence-electron chi connectivity index (χ1n) is 15.8. The van der Waals surface area contributed by atoms with Crippen molar-refractivity contribution in [1.29, 1.82) is 5.26 Å². The fourth-order valence-corrected chi connectivity index (χ4v) is 4.62. The third-order valence-corrected chi connectivity index (χ3v) is 7.23. The third kappa shape index (κ3) is 16.4. The van der Waals surface area contributed by atoms with Crippen molar-refractivity contribution in [2.45, 2.75) is 98.2 Å². The Bertz CT molecular complexity index is 1140. The maximum atomic E-state index is 13.4. The number of rotatable bonds is 19. The molecule has 0 saturated carbocycles. The molecule has 0 radical (unpaired) electrons. The molecule has 260 valence electrons. The van der Waals surface area contributed by atoms with Crippen LogP contribution in [0.3, 0.4) is 0 Å². The number of hydrogen-bond donors (Lipinski definition) is 2. The average Bonchev–Trinajstić information content (AvgIpc) is 2.99. The minimum atomic E-state index is -4.75. The summed E-state index contributed by atoms with van der Waals surface area (Å²) in [7, 11) is 1.35. The van der Waals surface area contributed by atoms with Crippen molar-refractivity contribution >= 4 is 41.1 Å². The number of ether oxygens (including phenoxy) is 1. The summed E-state index contributed by atoms with van der Waals surface area (Å²) in [6, 6.07) is 4.59. The predicted molar refractivity (Wildman–Crippen MR) is 179 cm³/mol. The molecule has 0 spiro atoms. The quantitative estimate of drug-likeness (QED) is 0.132. The van der Waals surface area contributed by atoms with Crippen LogP contribution in [0.4, 0.5) is 18.9 Å². The predicted octanol–water partition coefficient (Wildman–Crippen LogP) is 6.24. The van der Waals surface area contributed by atoms with Crippen LogP contribution in [0.2, 0.25) is 0 Å². The highest BCUT2D eigenvalue weighted by molar-refractivity contribution is 7.78. The van der Waals surface area contributed by atoms with Crippen LogP contribution in [0.25, 0.3) is 0 Å². The lowest BCUT2D eigenvalue weighted by molar-refractivity contribution is -0.138. The van der Waals surface area contributed by atoms with Gasteiger partial charge in [-0.3, -0.25) is 14.4 Å². The largest absolute Gasteiger partial charge is 0.417 e. The Hall–Kier alpha value is -3.24. The van der Waals surface area contributed by atoms with E-state index in [2.05, 4.69) is 24.5 Å². The van der Waals surface area contributed by atoms with Crippen molar-refractivity contribution in [1.82, 2.24) is 15.5 Å². The number of likely N-dealkylation sites (N-methyl/N-ethyl adjacent to an activating group) is 1. The smallest absolute Gasteiger partial charge is 0.378 e. The molecule has 0 aliphatic carbocycles. The summed E-state index contributed by atoms with van der Waals surface area (Å²) in [6.45, 7) is 13.1. The molecule has 0 unspecified atom stereocenters. The van der Waals surface area contributed by atoms with Gasteiger partial charge in [0.05, 0.1) is 35.9 Å². The van der Waals surface area contributed by atoms with E-state index in [-0.39, 0.29) is 43.0 Å². The van der Waals surface area contributed by atoms with Crippen LogP contribution in [-0.2, 0) is 25.3 Å². The molecule has 0 saturated heterocycles. The standard InChI is InChI=1S/C27H38F3N5O4S.C6H14/c1-19(2)15-24(37)33-11-14-39-13-10-32-23(36)7-6-12-35(18-40)26(3,4)25(38)34(5)21-9-8-20(17-31)22(16-21)27(28,29)30;1-3-5-6-4-2/h8-9,16,18-19H,6-7,10-15H2,1-5H3,(H,32,36)(H,33,37);3-6H2,1-2H3. The van der Waals surface area contributed by atoms with Crippen molar-refractivity contribution in [2.75, 3.05) is 44.8 Å². The Balaban J connectivity index is 0.00000306. The molecule has 1 rings (SSSR count). The second-order valence-electron chi connectivity index (χ2n) is 11.8. The van der Waals surface area contributed by atoms with Crippen LogP contribution in [0.15, 0.2) is 18.2 Å². The van der Waals surface area contributed by atoms with E-state index in [1.165, 1.54) is 50.4 Å². The Kier molecular flexibility index (Phi) is 20.7. The van der Waals surface area contributed by atoms with E-state index in [4.69, 9.17) is 22.2 Å². The van der Waals surface area contributed by atoms with E-state index < -0.39 is 28.7 Å². The molecule has 46 heavy (non-hydrogen) atoms. The van der Waals surface area contributed by atoms with Crippen LogP contribution < -0.4 is 15.5 Å². The minimum absolute atomic E-state index is 0.0201. The molecule has 9 nitrogen and oxygen atoms in total. The summed E-state index contributed by atoms with van der Waals surface area (Å²) in [5.74, 6) is -0.479. The van der Waals surface area contributed by atoms with Gasteiger partial charge in [-0.15, -0.1) is 0 Å². The number of amides is 3. The van der Waals surface area contributed by atoms with Crippen LogP contribution >= 0.6 is 12.2 Å². The molecule has 13 heteroatoms. The summed E-state index contributed by atoms with van der Waals surface area (Å²) in [6.07, 6.45) is 1.78. The molecule has 0 atom stereocenters. The van der Waals surface area contributed by atoms with E-state index in [0.717, 1.165) is 17.0 Å². The molecule has 0 heterocycles. The zero-order valence-corrected chi connectivity index (χ0v) is 29.2. The Morgan fingerprint density at radius 3 is 2.07 bits per heavy atom. The number of carbonyl (C=O) groups excluding carboxylic acids is 3. The number of thiocarbonyl (C=S) groups is 1. The number of carbonyl (C=O) groups is 3. The second-order valence-corrected chi connectivity index (χ2v) is 12.0. The van der Waals surface area contributed by atoms with E-state index in [9.17, 15) is 27.6 Å². The Morgan fingerprint density at radius 1 is 1.02 bits per heavy atom. The van der Waals surface area contributed by atoms with Crippen molar-refractivity contribution in [3.8, 4) is 6.07 Å². The highest BCUT2D eigenvalue weighted by Crippen LogP contribution is 2.35. The van der Waals surface area contributed by atoms with Gasteiger partial charge in [0.2, 0.25) is 11.8 Å². The molecule has 3 amide bonds. The summed E-state index contributed by atoms with van der Waals surface area (Å²) >= 11 is 5.08. The fourth-order valence-electron chi connectivity index (χ4n) is 4.26. The van der Waals surface area contributed by atoms with Crippen molar-refractivity contribution < 1.29 is 32.3 Å². The number of unbranched alkanes of at least 4 members (excludes halogenated alkanes) is 3. The van der Waals surface area contributed by atoms with Gasteiger partial charge < -0.3 is 25.2 Å². The number of alkyl halides is 3. The number of hydrogen-bond acceptors (Lipinski definition) is 6. The lowest BCUT2D eigenvalue weighted by Crippen LogP contribution is -2.55. The summed E-state index contributed by atoms with van der Waals surface area (Å²) < 4.78 is 45.5. The molecule has 1 aromatic rings. The number of benzene rings is 1. The summed E-state index contributed by atoms with van der Waals surface area (Å²) in [5.41, 5.74) is -1.61. The van der Waals surface area contributed by atoms with Gasteiger partial charge >= 0.3 is 6.18 Å². The van der Waals surface area contributed by atoms with Crippen LogP contribution in [0.1, 0.15) is 97.6 Å². The summed E-state index contributed by atoms with van der Waals surface area (Å²) in [5, 5.41) is 14.5. The normalized spacial score (nSPS) is 11.2. The maximum absolute atomic E-state index is 13.4. The number of halogens is 3. The first-order chi connectivity index (χ1) is 21.6. The topological polar surface area (TPSA) is 115 Å². The second kappa shape index (κ2) is 22.3. The monoisotopic (exact) mass is 671 g/mol. The van der Waals surface area contributed by atoms with Gasteiger partial charge in [0.1, 0.15) is 5.54 Å². The van der Waals surface area contributed by atoms with Crippen molar-refractivity contribution in [2.24, 2.45) is 5.92 Å². The molecule has 0 fully saturated rings. The number of nitrogens with one attached hydrogen (secondary N) is 2. The SMILES string of the molecule is CC(C)CC(=O)NCCOCCNC(=O)CCCN(C=S)C(C)(C)C(=O)N(C)c1ccc(C#N)c(C(F)(F)F)c1.CCCCCC. The van der Waals surface area contributed by atoms with Crippen molar-refractivity contribution in [3.63, 3.8) is 0 Å². The molecule has 0 aliphatic heterocycles. The lowest BCUT2D eigenvalue weighted by atomic mass is 9.99. The van der Waals surface area contributed by atoms with Gasteiger partial charge in [0, 0.05) is 45.2 Å². The first kappa shape index (κ1) is 42.8. The zero-order valence-electron chi connectivity index (χ0n) is 28.4. The third-order valence-electron chi connectivity index (χ3n) is 6.98. The summed E-state index contributed by atoms with van der Waals surface area (Å²) in [4.78, 5) is 39.6. The van der Waals surface area contributed by atoms with Gasteiger partial charge in [0.15, 0.2) is 0 Å². The lowest BCUT2D eigenvalue weighted by Gasteiger charge is -2.38. The fraction of sp³-hybridized carbons (Fsp3) is 0.667. The van der Waals surface area contributed by atoms with Crippen molar-refractivity contribution in [3.05, 3.63) is 29.3 Å². The van der Waals surface area contributed by atoms with E-state index in [1.807, 2.05) is 13.8 Å². The van der Waals surface area contributed by atoms with E-state index in [1.54, 1.807) is 18.7 Å². The highest BCUT2D eigenvalue weighted by Gasteiger charge is 2.38. The van der Waals surface area contributed by atoms with Crippen LogP contribution in [0.5, 0.6) is 0 Å². The Labute approximate surface area is 278 Å². The van der Waals surface area contributed by atoms with Gasteiger partial charge in [-0.25, -0.2) is 0 Å². The molecular weight excluding hydrogens is 619 g/mol. The van der Waals surface area contributed by atoms with Crippen LogP contribution in [-0.4, -0.2) is 73.5 Å². The van der Waals surface area contributed by atoms with Gasteiger partial charge in [-0.1, -0.05) is 65.6 Å². The molecule has 0 aromatic heterocycles. The van der Waals surface area contributed by atoms with Crippen LogP contribution in [0, 0.1) is 17.2 Å². The molecule has 2 N–H and O–H groups in total. The zero-order chi connectivity index (χ0) is 35.3. The molecular formula is C33H52F3N5O4S. The first-order valence-corrected chi connectivity index (χ1v) is 16.3. The van der Waals surface area contributed by atoms with E-state index >= 15 is 0 Å². The van der Waals surface area contributed by atoms with Gasteiger partial charge in [0.25, 0.3) is 5.91 Å². The Morgan fingerprint density at radius 2 is 1.59 bits per heavy atom. The van der Waals surface area contributed by atoms with E-state index in [0.29, 0.717) is 32.5 Å². The molecule has 0 bridgehead atoms. The number of nitrogens with zero attached hydrogens (tertiary/aromatic N) is 3. The number of nitriles is 1. The van der Waals surface area contributed by atoms with Gasteiger partial charge in [-0.2, -0.15) is 18.4 Å². The highest BCUT2D eigenvalue weighted by atomic mass is 32.1. The maximum Gasteiger partial charge on any atom is 0.417 e. The average molecular weight is 672 g/mol.